The van der Waals surface area contributed by atoms with Crippen molar-refractivity contribution in [3.05, 3.63) is 0 Å². The minimum atomic E-state index is -4.95. The number of rotatable bonds is 72. The van der Waals surface area contributed by atoms with E-state index in [0.717, 1.165) is 108 Å². The number of ether oxygens (including phenoxy) is 4. The summed E-state index contributed by atoms with van der Waals surface area (Å²) in [5, 5.41) is 10.6. The summed E-state index contributed by atoms with van der Waals surface area (Å²) >= 11 is 0. The van der Waals surface area contributed by atoms with Gasteiger partial charge in [0, 0.05) is 25.7 Å². The number of unbranched alkanes of at least 4 members (excludes halogenated alkanes) is 40. The Labute approximate surface area is 562 Å². The molecule has 0 bridgehead atoms. The van der Waals surface area contributed by atoms with Crippen molar-refractivity contribution < 1.29 is 80.2 Å². The third kappa shape index (κ3) is 64.1. The molecular formula is C73H142O17P2. The zero-order chi connectivity index (χ0) is 67.9. The fraction of sp³-hybridized carbons (Fsp3) is 0.945. The summed E-state index contributed by atoms with van der Waals surface area (Å²) in [5.74, 6) is -0.579. The Morgan fingerprint density at radius 3 is 0.772 bits per heavy atom. The first-order chi connectivity index (χ1) is 44.4. The van der Waals surface area contributed by atoms with E-state index in [9.17, 15) is 43.2 Å². The predicted molar refractivity (Wildman–Crippen MR) is 372 cm³/mol. The number of aliphatic hydroxyl groups is 1. The van der Waals surface area contributed by atoms with Gasteiger partial charge in [0.2, 0.25) is 0 Å². The van der Waals surface area contributed by atoms with Crippen LogP contribution in [0.25, 0.3) is 0 Å². The molecule has 19 heteroatoms. The Balaban J connectivity index is 5.25. The Hall–Kier alpha value is -1.94. The summed E-state index contributed by atoms with van der Waals surface area (Å²) < 4.78 is 68.4. The maximum absolute atomic E-state index is 13.1. The van der Waals surface area contributed by atoms with E-state index >= 15 is 0 Å². The molecular weight excluding hydrogens is 1210 g/mol. The second-order valence-corrected chi connectivity index (χ2v) is 29.7. The molecule has 0 amide bonds. The quantitative estimate of drug-likeness (QED) is 0.0222. The molecule has 546 valence electrons. The molecule has 92 heavy (non-hydrogen) atoms. The minimum absolute atomic E-state index is 0.106. The molecule has 0 aliphatic rings. The van der Waals surface area contributed by atoms with E-state index in [4.69, 9.17) is 37.0 Å². The van der Waals surface area contributed by atoms with Crippen molar-refractivity contribution >= 4 is 39.5 Å². The van der Waals surface area contributed by atoms with Crippen molar-refractivity contribution in [1.29, 1.82) is 0 Å². The smallest absolute Gasteiger partial charge is 0.462 e. The highest BCUT2D eigenvalue weighted by molar-refractivity contribution is 7.47. The van der Waals surface area contributed by atoms with Crippen LogP contribution in [0.1, 0.15) is 375 Å². The number of phosphoric acid groups is 2. The molecule has 0 fully saturated rings. The van der Waals surface area contributed by atoms with Crippen molar-refractivity contribution in [2.75, 3.05) is 39.6 Å². The van der Waals surface area contributed by atoms with Crippen LogP contribution < -0.4 is 0 Å². The Bertz CT molecular complexity index is 1790. The largest absolute Gasteiger partial charge is 0.472 e. The molecule has 0 aliphatic carbocycles. The molecule has 0 aromatic carbocycles. The molecule has 3 N–H and O–H groups in total. The first-order valence-electron chi connectivity index (χ1n) is 38.1. The summed E-state index contributed by atoms with van der Waals surface area (Å²) in [7, 11) is -9.90. The summed E-state index contributed by atoms with van der Waals surface area (Å²) in [4.78, 5) is 72.7. The molecule has 0 saturated heterocycles. The van der Waals surface area contributed by atoms with E-state index in [2.05, 4.69) is 41.5 Å². The number of esters is 4. The third-order valence-electron chi connectivity index (χ3n) is 17.7. The lowest BCUT2D eigenvalue weighted by molar-refractivity contribution is -0.161. The maximum atomic E-state index is 13.1. The Morgan fingerprint density at radius 2 is 0.522 bits per heavy atom. The van der Waals surface area contributed by atoms with Gasteiger partial charge in [-0.1, -0.05) is 324 Å². The van der Waals surface area contributed by atoms with Gasteiger partial charge in [0.25, 0.3) is 0 Å². The van der Waals surface area contributed by atoms with Gasteiger partial charge in [-0.3, -0.25) is 37.3 Å². The SMILES string of the molecule is CCCCCCCCCCCCCCCCCCCC(=O)O[C@H](COC(=O)CCCCCCCCCCCCC(C)CC)COP(=O)(O)OC[C@@H](O)COP(=O)(O)OC[C@@H](COC(=O)CCCCCCCCC(C)CC)OC(=O)CCCCCCCCCCCCC. The average Bonchev–Trinajstić information content (AvgIpc) is 3.60. The van der Waals surface area contributed by atoms with Crippen LogP contribution in [0.2, 0.25) is 0 Å². The molecule has 0 saturated carbocycles. The summed E-state index contributed by atoms with van der Waals surface area (Å²) in [5.41, 5.74) is 0. The lowest BCUT2D eigenvalue weighted by Crippen LogP contribution is -2.30. The van der Waals surface area contributed by atoms with E-state index in [1.807, 2.05) is 0 Å². The Morgan fingerprint density at radius 1 is 0.304 bits per heavy atom. The maximum Gasteiger partial charge on any atom is 0.472 e. The van der Waals surface area contributed by atoms with E-state index in [1.165, 1.54) is 186 Å². The molecule has 0 aliphatic heterocycles. The van der Waals surface area contributed by atoms with Gasteiger partial charge >= 0.3 is 39.5 Å². The van der Waals surface area contributed by atoms with Crippen LogP contribution in [0.15, 0.2) is 0 Å². The lowest BCUT2D eigenvalue weighted by atomic mass is 9.99. The van der Waals surface area contributed by atoms with Gasteiger partial charge in [0.15, 0.2) is 12.2 Å². The average molecular weight is 1350 g/mol. The zero-order valence-corrected chi connectivity index (χ0v) is 61.6. The van der Waals surface area contributed by atoms with Crippen LogP contribution in [0, 0.1) is 11.8 Å². The molecule has 0 spiro atoms. The molecule has 0 aromatic rings. The molecule has 4 unspecified atom stereocenters. The predicted octanol–water partition coefficient (Wildman–Crippen LogP) is 21.2. The van der Waals surface area contributed by atoms with Gasteiger partial charge in [-0.05, 0) is 37.5 Å². The van der Waals surface area contributed by atoms with Crippen LogP contribution in [0.5, 0.6) is 0 Å². The van der Waals surface area contributed by atoms with Crippen LogP contribution in [0.4, 0.5) is 0 Å². The molecule has 0 heterocycles. The van der Waals surface area contributed by atoms with Crippen molar-refractivity contribution in [2.24, 2.45) is 11.8 Å². The third-order valence-corrected chi connectivity index (χ3v) is 19.6. The summed E-state index contributed by atoms with van der Waals surface area (Å²) in [6, 6.07) is 0. The number of hydrogen-bond donors (Lipinski definition) is 3. The summed E-state index contributed by atoms with van der Waals surface area (Å²) in [6.07, 6.45) is 51.2. The van der Waals surface area contributed by atoms with Crippen LogP contribution in [-0.2, 0) is 65.4 Å². The van der Waals surface area contributed by atoms with Crippen molar-refractivity contribution in [1.82, 2.24) is 0 Å². The first kappa shape index (κ1) is 90.1. The van der Waals surface area contributed by atoms with Gasteiger partial charge in [-0.2, -0.15) is 0 Å². The fourth-order valence-corrected chi connectivity index (χ4v) is 12.6. The van der Waals surface area contributed by atoms with Gasteiger partial charge in [0.1, 0.15) is 19.3 Å². The number of phosphoric ester groups is 2. The van der Waals surface area contributed by atoms with Gasteiger partial charge in [-0.25, -0.2) is 9.13 Å². The highest BCUT2D eigenvalue weighted by atomic mass is 31.2. The van der Waals surface area contributed by atoms with Crippen LogP contribution >= 0.6 is 15.6 Å². The normalized spacial score (nSPS) is 14.7. The highest BCUT2D eigenvalue weighted by Gasteiger charge is 2.30. The van der Waals surface area contributed by atoms with E-state index < -0.39 is 97.5 Å². The van der Waals surface area contributed by atoms with Gasteiger partial charge in [0.05, 0.1) is 26.4 Å². The molecule has 17 nitrogen and oxygen atoms in total. The molecule has 0 rings (SSSR count). The van der Waals surface area contributed by atoms with Gasteiger partial charge in [-0.15, -0.1) is 0 Å². The lowest BCUT2D eigenvalue weighted by Gasteiger charge is -2.21. The molecule has 0 radical (unpaired) electrons. The minimum Gasteiger partial charge on any atom is -0.462 e. The second-order valence-electron chi connectivity index (χ2n) is 26.8. The fourth-order valence-electron chi connectivity index (χ4n) is 11.1. The second kappa shape index (κ2) is 65.0. The number of hydrogen-bond acceptors (Lipinski definition) is 15. The van der Waals surface area contributed by atoms with E-state index in [0.29, 0.717) is 25.7 Å². The monoisotopic (exact) mass is 1350 g/mol. The van der Waals surface area contributed by atoms with Crippen molar-refractivity contribution in [2.45, 2.75) is 394 Å². The van der Waals surface area contributed by atoms with Crippen LogP contribution in [-0.4, -0.2) is 96.7 Å². The summed E-state index contributed by atoms with van der Waals surface area (Å²) in [6.45, 7) is 9.56. The topological polar surface area (TPSA) is 237 Å². The molecule has 7 atom stereocenters. The van der Waals surface area contributed by atoms with Crippen molar-refractivity contribution in [3.8, 4) is 0 Å². The molecule has 0 aromatic heterocycles. The number of aliphatic hydroxyl groups excluding tert-OH is 1. The van der Waals surface area contributed by atoms with Crippen LogP contribution in [0.3, 0.4) is 0 Å². The van der Waals surface area contributed by atoms with E-state index in [-0.39, 0.29) is 25.7 Å². The number of carbonyl (C=O) groups is 4. The standard InChI is InChI=1S/C73H142O17P2/c1-7-11-13-15-17-19-21-22-23-24-25-26-28-34-38-46-52-58-73(78)89-68(61-83-70(75)55-49-43-36-32-30-29-31-35-41-47-53-65(5)9-3)63-87-91(79,80)85-59-67(74)60-86-92(81,82)88-64-69(62-84-71(76)56-50-44-40-39-42-48-54-66(6)10-4)90-72(77)57-51-45-37-33-27-20-18-16-14-12-8-2/h65-69,74H,7-64H2,1-6H3,(H,79,80)(H,81,82)/t65?,66?,67-,68-,69-/m1/s1. The Kier molecular flexibility index (Phi) is 63.7. The number of carbonyl (C=O) groups excluding carboxylic acids is 4. The van der Waals surface area contributed by atoms with Gasteiger partial charge < -0.3 is 33.8 Å². The zero-order valence-electron chi connectivity index (χ0n) is 59.9. The van der Waals surface area contributed by atoms with E-state index in [1.54, 1.807) is 0 Å². The van der Waals surface area contributed by atoms with Crippen molar-refractivity contribution in [3.63, 3.8) is 0 Å². The first-order valence-corrected chi connectivity index (χ1v) is 41.1. The highest BCUT2D eigenvalue weighted by Crippen LogP contribution is 2.45.